The number of anilines is 1. The highest BCUT2D eigenvalue weighted by Crippen LogP contribution is 2.30. The Labute approximate surface area is 124 Å². The van der Waals surface area contributed by atoms with Gasteiger partial charge in [0.25, 0.3) is 0 Å². The van der Waals surface area contributed by atoms with E-state index in [-0.39, 0.29) is 0 Å². The molecule has 0 radical (unpaired) electrons. The minimum atomic E-state index is 0.481. The topological polar surface area (TPSA) is 29.3 Å². The second-order valence-corrected chi connectivity index (χ2v) is 6.51. The van der Waals surface area contributed by atoms with Crippen LogP contribution in [-0.2, 0) is 0 Å². The highest BCUT2D eigenvalue weighted by atomic mass is 15.1. The average molecular weight is 274 g/mol. The van der Waals surface area contributed by atoms with Crippen LogP contribution in [0.4, 0.5) is 5.69 Å². The Morgan fingerprint density at radius 3 is 2.10 bits per heavy atom. The van der Waals surface area contributed by atoms with Crippen molar-refractivity contribution < 1.29 is 0 Å². The molecule has 0 spiro atoms. The summed E-state index contributed by atoms with van der Waals surface area (Å²) in [5, 5.41) is 0. The SMILES string of the molecule is Cc1cc(C)cc(N(C)C(CN)C2CCCCCC2)c1. The molecule has 1 aliphatic rings. The summed E-state index contributed by atoms with van der Waals surface area (Å²) in [5.74, 6) is 0.758. The molecule has 20 heavy (non-hydrogen) atoms. The molecule has 112 valence electrons. The third kappa shape index (κ3) is 3.76. The minimum absolute atomic E-state index is 0.481. The molecule has 0 aromatic heterocycles. The Morgan fingerprint density at radius 1 is 1.05 bits per heavy atom. The van der Waals surface area contributed by atoms with Crippen molar-refractivity contribution in [1.29, 1.82) is 0 Å². The first-order valence-electron chi connectivity index (χ1n) is 8.13. The van der Waals surface area contributed by atoms with Gasteiger partial charge in [0.05, 0.1) is 0 Å². The zero-order chi connectivity index (χ0) is 14.5. The Hall–Kier alpha value is -1.02. The summed E-state index contributed by atoms with van der Waals surface area (Å²) in [6.07, 6.45) is 8.25. The maximum atomic E-state index is 6.13. The third-order valence-corrected chi connectivity index (χ3v) is 4.80. The van der Waals surface area contributed by atoms with E-state index in [0.717, 1.165) is 12.5 Å². The molecule has 0 heterocycles. The van der Waals surface area contributed by atoms with Gasteiger partial charge in [-0.25, -0.2) is 0 Å². The lowest BCUT2D eigenvalue weighted by Gasteiger charge is -2.35. The fourth-order valence-electron chi connectivity index (χ4n) is 3.71. The summed E-state index contributed by atoms with van der Waals surface area (Å²) in [7, 11) is 2.22. The fourth-order valence-corrected chi connectivity index (χ4v) is 3.71. The van der Waals surface area contributed by atoms with Gasteiger partial charge in [0, 0.05) is 25.3 Å². The van der Waals surface area contributed by atoms with Gasteiger partial charge in [-0.3, -0.25) is 0 Å². The van der Waals surface area contributed by atoms with Crippen LogP contribution in [0.3, 0.4) is 0 Å². The Balaban J connectivity index is 2.16. The van der Waals surface area contributed by atoms with Crippen molar-refractivity contribution in [3.8, 4) is 0 Å². The van der Waals surface area contributed by atoms with E-state index >= 15 is 0 Å². The molecule has 2 rings (SSSR count). The van der Waals surface area contributed by atoms with Crippen LogP contribution < -0.4 is 10.6 Å². The highest BCUT2D eigenvalue weighted by molar-refractivity contribution is 5.51. The molecule has 1 atom stereocenters. The molecular weight excluding hydrogens is 244 g/mol. The quantitative estimate of drug-likeness (QED) is 0.840. The zero-order valence-corrected chi connectivity index (χ0v) is 13.4. The van der Waals surface area contributed by atoms with Crippen LogP contribution >= 0.6 is 0 Å². The van der Waals surface area contributed by atoms with Crippen molar-refractivity contribution in [2.45, 2.75) is 58.4 Å². The first-order valence-corrected chi connectivity index (χ1v) is 8.13. The second-order valence-electron chi connectivity index (χ2n) is 6.51. The monoisotopic (exact) mass is 274 g/mol. The van der Waals surface area contributed by atoms with Crippen molar-refractivity contribution in [1.82, 2.24) is 0 Å². The molecule has 0 saturated heterocycles. The number of hydrogen-bond donors (Lipinski definition) is 1. The molecule has 2 N–H and O–H groups in total. The zero-order valence-electron chi connectivity index (χ0n) is 13.4. The van der Waals surface area contributed by atoms with Crippen LogP contribution in [0.15, 0.2) is 18.2 Å². The first-order chi connectivity index (χ1) is 9.61. The van der Waals surface area contributed by atoms with Crippen LogP contribution in [0.25, 0.3) is 0 Å². The van der Waals surface area contributed by atoms with Gasteiger partial charge < -0.3 is 10.6 Å². The van der Waals surface area contributed by atoms with E-state index in [1.54, 1.807) is 0 Å². The van der Waals surface area contributed by atoms with Crippen LogP contribution in [0.1, 0.15) is 49.7 Å². The largest absolute Gasteiger partial charge is 0.370 e. The first kappa shape index (κ1) is 15.4. The summed E-state index contributed by atoms with van der Waals surface area (Å²) in [5.41, 5.74) is 10.1. The van der Waals surface area contributed by atoms with Crippen LogP contribution in [-0.4, -0.2) is 19.6 Å². The van der Waals surface area contributed by atoms with E-state index in [9.17, 15) is 0 Å². The van der Waals surface area contributed by atoms with Gasteiger partial charge in [-0.05, 0) is 55.9 Å². The maximum absolute atomic E-state index is 6.13. The van der Waals surface area contributed by atoms with Gasteiger partial charge in [0.2, 0.25) is 0 Å². The van der Waals surface area contributed by atoms with Crippen LogP contribution in [0.2, 0.25) is 0 Å². The van der Waals surface area contributed by atoms with E-state index < -0.39 is 0 Å². The van der Waals surface area contributed by atoms with E-state index in [2.05, 4.69) is 44.0 Å². The van der Waals surface area contributed by atoms with E-state index in [1.165, 1.54) is 55.3 Å². The van der Waals surface area contributed by atoms with Crippen molar-refractivity contribution >= 4 is 5.69 Å². The Morgan fingerprint density at radius 2 is 1.60 bits per heavy atom. The van der Waals surface area contributed by atoms with E-state index in [1.807, 2.05) is 0 Å². The van der Waals surface area contributed by atoms with Crippen LogP contribution in [0.5, 0.6) is 0 Å². The lowest BCUT2D eigenvalue weighted by molar-refractivity contribution is 0.369. The summed E-state index contributed by atoms with van der Waals surface area (Å²) in [6, 6.07) is 7.29. The third-order valence-electron chi connectivity index (χ3n) is 4.80. The molecule has 2 nitrogen and oxygen atoms in total. The van der Waals surface area contributed by atoms with Gasteiger partial charge >= 0.3 is 0 Å². The lowest BCUT2D eigenvalue weighted by atomic mass is 9.90. The van der Waals surface area contributed by atoms with Gasteiger partial charge in [0.1, 0.15) is 0 Å². The van der Waals surface area contributed by atoms with E-state index in [4.69, 9.17) is 5.73 Å². The van der Waals surface area contributed by atoms with Gasteiger partial charge in [-0.1, -0.05) is 31.7 Å². The number of hydrogen-bond acceptors (Lipinski definition) is 2. The minimum Gasteiger partial charge on any atom is -0.370 e. The van der Waals surface area contributed by atoms with Gasteiger partial charge in [-0.2, -0.15) is 0 Å². The normalized spacial score (nSPS) is 18.6. The predicted octanol–water partition coefficient (Wildman–Crippen LogP) is 4.04. The molecule has 1 aromatic carbocycles. The standard InChI is InChI=1S/C18H30N2/c1-14-10-15(2)12-17(11-14)20(3)18(13-19)16-8-6-4-5-7-9-16/h10-12,16,18H,4-9,13,19H2,1-3H3. The molecule has 1 saturated carbocycles. The summed E-state index contributed by atoms with van der Waals surface area (Å²) in [6.45, 7) is 5.11. The second kappa shape index (κ2) is 7.12. The lowest BCUT2D eigenvalue weighted by Crippen LogP contribution is -2.43. The molecule has 1 aliphatic carbocycles. The van der Waals surface area contributed by atoms with Crippen molar-refractivity contribution in [2.75, 3.05) is 18.5 Å². The smallest absolute Gasteiger partial charge is 0.0437 e. The molecular formula is C18H30N2. The average Bonchev–Trinajstić information content (AvgIpc) is 2.67. The molecule has 0 amide bonds. The Kier molecular flexibility index (Phi) is 5.47. The van der Waals surface area contributed by atoms with E-state index in [0.29, 0.717) is 6.04 Å². The number of likely N-dealkylation sites (N-methyl/N-ethyl adjacent to an activating group) is 1. The summed E-state index contributed by atoms with van der Waals surface area (Å²) >= 11 is 0. The predicted molar refractivity (Wildman–Crippen MR) is 88.4 cm³/mol. The molecule has 2 heteroatoms. The molecule has 1 fully saturated rings. The molecule has 1 aromatic rings. The van der Waals surface area contributed by atoms with Gasteiger partial charge in [-0.15, -0.1) is 0 Å². The number of rotatable bonds is 4. The van der Waals surface area contributed by atoms with Crippen molar-refractivity contribution in [3.63, 3.8) is 0 Å². The maximum Gasteiger partial charge on any atom is 0.0437 e. The summed E-state index contributed by atoms with van der Waals surface area (Å²) < 4.78 is 0. The number of nitrogens with two attached hydrogens (primary N) is 1. The van der Waals surface area contributed by atoms with Crippen molar-refractivity contribution in [3.05, 3.63) is 29.3 Å². The van der Waals surface area contributed by atoms with Gasteiger partial charge in [0.15, 0.2) is 0 Å². The molecule has 1 unspecified atom stereocenters. The fraction of sp³-hybridized carbons (Fsp3) is 0.667. The number of nitrogens with zero attached hydrogens (tertiary/aromatic N) is 1. The molecule has 0 aliphatic heterocycles. The highest BCUT2D eigenvalue weighted by Gasteiger charge is 2.25. The summed E-state index contributed by atoms with van der Waals surface area (Å²) in [4.78, 5) is 2.43. The number of aryl methyl sites for hydroxylation is 2. The van der Waals surface area contributed by atoms with Crippen molar-refractivity contribution in [2.24, 2.45) is 11.7 Å². The number of benzene rings is 1. The Bertz CT molecular complexity index is 399. The molecule has 0 bridgehead atoms. The van der Waals surface area contributed by atoms with Crippen LogP contribution in [0, 0.1) is 19.8 Å².